The highest BCUT2D eigenvalue weighted by atomic mass is 16.5. The van der Waals surface area contributed by atoms with Gasteiger partial charge < -0.3 is 9.47 Å². The van der Waals surface area contributed by atoms with Gasteiger partial charge in [0.1, 0.15) is 0 Å². The monoisotopic (exact) mass is 256 g/mol. The Bertz CT molecular complexity index is 232. The van der Waals surface area contributed by atoms with E-state index in [0.29, 0.717) is 18.9 Å². The molecule has 0 N–H and O–H groups in total. The Hall–Kier alpha value is -0.830. The van der Waals surface area contributed by atoms with Gasteiger partial charge in [0, 0.05) is 13.0 Å². The molecule has 0 saturated heterocycles. The first-order valence-corrected chi connectivity index (χ1v) is 6.94. The molecule has 3 heteroatoms. The van der Waals surface area contributed by atoms with Gasteiger partial charge in [-0.2, -0.15) is 0 Å². The summed E-state index contributed by atoms with van der Waals surface area (Å²) in [7, 11) is 0. The molecule has 0 aliphatic rings. The second kappa shape index (κ2) is 11.3. The number of ether oxygens (including phenoxy) is 2. The maximum Gasteiger partial charge on any atom is 0.306 e. The summed E-state index contributed by atoms with van der Waals surface area (Å²) < 4.78 is 10.5. The van der Waals surface area contributed by atoms with Gasteiger partial charge in [-0.3, -0.25) is 4.79 Å². The van der Waals surface area contributed by atoms with Gasteiger partial charge in [0.05, 0.1) is 12.7 Å². The average molecular weight is 256 g/mol. The van der Waals surface area contributed by atoms with Gasteiger partial charge in [0.25, 0.3) is 0 Å². The third-order valence-electron chi connectivity index (χ3n) is 2.20. The number of carbonyl (C=O) groups excluding carboxylic acids is 1. The Morgan fingerprint density at radius 1 is 1.11 bits per heavy atom. The van der Waals surface area contributed by atoms with Crippen LogP contribution in [0.4, 0.5) is 0 Å². The normalized spacial score (nSPS) is 11.7. The number of unbranched alkanes of at least 4 members (excludes halogenated alkanes) is 2. The van der Waals surface area contributed by atoms with E-state index in [1.54, 1.807) is 0 Å². The molecule has 0 radical (unpaired) electrons. The maximum atomic E-state index is 11.2. The summed E-state index contributed by atoms with van der Waals surface area (Å²) in [5.41, 5.74) is 0. The van der Waals surface area contributed by atoms with Gasteiger partial charge in [-0.15, -0.1) is 0 Å². The van der Waals surface area contributed by atoms with E-state index in [1.807, 2.05) is 13.8 Å². The van der Waals surface area contributed by atoms with Crippen LogP contribution in [0, 0.1) is 5.92 Å². The summed E-state index contributed by atoms with van der Waals surface area (Å²) in [5.74, 6) is 0.500. The first kappa shape index (κ1) is 17.2. The van der Waals surface area contributed by atoms with E-state index >= 15 is 0 Å². The number of hydrogen-bond donors (Lipinski definition) is 0. The minimum Gasteiger partial charge on any atom is -0.463 e. The van der Waals surface area contributed by atoms with Crippen LogP contribution < -0.4 is 0 Å². The van der Waals surface area contributed by atoms with E-state index in [2.05, 4.69) is 26.0 Å². The fourth-order valence-corrected chi connectivity index (χ4v) is 1.41. The molecule has 0 aromatic heterocycles. The van der Waals surface area contributed by atoms with E-state index in [-0.39, 0.29) is 12.1 Å². The van der Waals surface area contributed by atoms with Crippen LogP contribution in [-0.2, 0) is 14.3 Å². The quantitative estimate of drug-likeness (QED) is 0.339. The van der Waals surface area contributed by atoms with Crippen molar-refractivity contribution >= 4 is 5.97 Å². The van der Waals surface area contributed by atoms with Crippen molar-refractivity contribution in [3.05, 3.63) is 12.2 Å². The summed E-state index contributed by atoms with van der Waals surface area (Å²) in [5, 5.41) is 0. The molecule has 0 aromatic rings. The summed E-state index contributed by atoms with van der Waals surface area (Å²) >= 11 is 0. The highest BCUT2D eigenvalue weighted by Gasteiger charge is 2.03. The number of esters is 1. The molecule has 0 fully saturated rings. The van der Waals surface area contributed by atoms with Crippen LogP contribution in [0.2, 0.25) is 0 Å². The molecule has 18 heavy (non-hydrogen) atoms. The maximum absolute atomic E-state index is 11.2. The minimum atomic E-state index is -0.0887. The van der Waals surface area contributed by atoms with E-state index in [4.69, 9.17) is 9.47 Å². The zero-order valence-corrected chi connectivity index (χ0v) is 12.3. The van der Waals surface area contributed by atoms with Crippen LogP contribution in [0.1, 0.15) is 53.4 Å². The molecule has 0 rings (SSSR count). The summed E-state index contributed by atoms with van der Waals surface area (Å²) in [6.45, 7) is 9.52. The summed E-state index contributed by atoms with van der Waals surface area (Å²) in [6, 6.07) is 0. The van der Waals surface area contributed by atoms with Gasteiger partial charge >= 0.3 is 5.97 Å². The van der Waals surface area contributed by atoms with Crippen molar-refractivity contribution < 1.29 is 14.3 Å². The number of hydrogen-bond acceptors (Lipinski definition) is 3. The standard InChI is InChI=1S/C15H28O3/c1-13(2)12-17-11-9-7-5-6-8-10-15(16)18-14(3)4/h7,9,13-14H,5-6,8,10-12H2,1-4H3. The van der Waals surface area contributed by atoms with Crippen LogP contribution in [0.3, 0.4) is 0 Å². The summed E-state index contributed by atoms with van der Waals surface area (Å²) in [4.78, 5) is 11.2. The average Bonchev–Trinajstić information content (AvgIpc) is 2.25. The molecule has 106 valence electrons. The zero-order valence-electron chi connectivity index (χ0n) is 12.3. The second-order valence-corrected chi connectivity index (χ2v) is 5.19. The Kier molecular flexibility index (Phi) is 10.8. The van der Waals surface area contributed by atoms with E-state index in [1.165, 1.54) is 0 Å². The van der Waals surface area contributed by atoms with Gasteiger partial charge in [-0.1, -0.05) is 26.0 Å². The van der Waals surface area contributed by atoms with Crippen molar-refractivity contribution in [3.63, 3.8) is 0 Å². The van der Waals surface area contributed by atoms with E-state index in [9.17, 15) is 4.79 Å². The van der Waals surface area contributed by atoms with E-state index < -0.39 is 0 Å². The Balaban J connectivity index is 3.29. The lowest BCUT2D eigenvalue weighted by atomic mass is 10.2. The molecule has 0 heterocycles. The molecular weight excluding hydrogens is 228 g/mol. The van der Waals surface area contributed by atoms with Crippen molar-refractivity contribution in [2.75, 3.05) is 13.2 Å². The molecule has 0 atom stereocenters. The largest absolute Gasteiger partial charge is 0.463 e. The second-order valence-electron chi connectivity index (χ2n) is 5.19. The predicted molar refractivity (Wildman–Crippen MR) is 74.5 cm³/mol. The third-order valence-corrected chi connectivity index (χ3v) is 2.20. The van der Waals surface area contributed by atoms with E-state index in [0.717, 1.165) is 25.9 Å². The molecule has 0 aromatic carbocycles. The fraction of sp³-hybridized carbons (Fsp3) is 0.800. The van der Waals surface area contributed by atoms with Crippen LogP contribution in [0.25, 0.3) is 0 Å². The molecule has 0 saturated carbocycles. The van der Waals surface area contributed by atoms with Crippen molar-refractivity contribution in [1.29, 1.82) is 0 Å². The SMILES string of the molecule is CC(C)COCC=CCCCCC(=O)OC(C)C. The lowest BCUT2D eigenvalue weighted by molar-refractivity contribution is -0.147. The third kappa shape index (κ3) is 13.2. The van der Waals surface area contributed by atoms with Crippen molar-refractivity contribution in [1.82, 2.24) is 0 Å². The van der Waals surface area contributed by atoms with Gasteiger partial charge in [-0.05, 0) is 39.0 Å². The van der Waals surface area contributed by atoms with Crippen molar-refractivity contribution in [2.24, 2.45) is 5.92 Å². The highest BCUT2D eigenvalue weighted by Crippen LogP contribution is 2.03. The molecule has 0 unspecified atom stereocenters. The molecule has 0 aliphatic heterocycles. The Morgan fingerprint density at radius 3 is 2.44 bits per heavy atom. The molecular formula is C15H28O3. The molecule has 0 aliphatic carbocycles. The first-order valence-electron chi connectivity index (χ1n) is 6.94. The highest BCUT2D eigenvalue weighted by molar-refractivity contribution is 5.69. The minimum absolute atomic E-state index is 0.00416. The first-order chi connectivity index (χ1) is 8.52. The smallest absolute Gasteiger partial charge is 0.306 e. The summed E-state index contributed by atoms with van der Waals surface area (Å²) in [6.07, 6.45) is 7.60. The van der Waals surface area contributed by atoms with Gasteiger partial charge in [0.15, 0.2) is 0 Å². The van der Waals surface area contributed by atoms with Crippen LogP contribution in [-0.4, -0.2) is 25.3 Å². The van der Waals surface area contributed by atoms with Gasteiger partial charge in [-0.25, -0.2) is 0 Å². The lowest BCUT2D eigenvalue weighted by Gasteiger charge is -2.06. The topological polar surface area (TPSA) is 35.5 Å². The van der Waals surface area contributed by atoms with Gasteiger partial charge in [0.2, 0.25) is 0 Å². The predicted octanol–water partition coefficient (Wildman–Crippen LogP) is 3.73. The van der Waals surface area contributed by atoms with Crippen LogP contribution in [0.15, 0.2) is 12.2 Å². The Labute approximate surface area is 112 Å². The number of carbonyl (C=O) groups is 1. The molecule has 0 amide bonds. The van der Waals surface area contributed by atoms with Crippen molar-refractivity contribution in [2.45, 2.75) is 59.5 Å². The molecule has 3 nitrogen and oxygen atoms in total. The number of rotatable bonds is 10. The van der Waals surface area contributed by atoms with Crippen LogP contribution >= 0.6 is 0 Å². The number of allylic oxidation sites excluding steroid dienone is 1. The van der Waals surface area contributed by atoms with Crippen molar-refractivity contribution in [3.8, 4) is 0 Å². The fourth-order valence-electron chi connectivity index (χ4n) is 1.41. The molecule has 0 bridgehead atoms. The molecule has 0 spiro atoms. The lowest BCUT2D eigenvalue weighted by Crippen LogP contribution is -2.10. The zero-order chi connectivity index (χ0) is 13.8. The Morgan fingerprint density at radius 2 is 1.83 bits per heavy atom. The van der Waals surface area contributed by atoms with Crippen LogP contribution in [0.5, 0.6) is 0 Å².